The molecule has 2 aromatic rings. The number of para-hydroxylation sites is 1. The molecule has 1 aliphatic rings. The lowest BCUT2D eigenvalue weighted by molar-refractivity contribution is -0.140. The minimum absolute atomic E-state index is 0.129. The van der Waals surface area contributed by atoms with E-state index in [2.05, 4.69) is 5.32 Å². The van der Waals surface area contributed by atoms with E-state index in [4.69, 9.17) is 0 Å². The highest BCUT2D eigenvalue weighted by molar-refractivity contribution is 7.92. The fourth-order valence-corrected chi connectivity index (χ4v) is 6.00. The first kappa shape index (κ1) is 27.7. The highest BCUT2D eigenvalue weighted by Gasteiger charge is 2.33. The summed E-state index contributed by atoms with van der Waals surface area (Å²) in [7, 11) is -3.76. The Bertz CT molecular complexity index is 1170. The smallest absolute Gasteiger partial charge is 0.244 e. The van der Waals surface area contributed by atoms with Crippen LogP contribution in [0.25, 0.3) is 0 Å². The van der Waals surface area contributed by atoms with E-state index in [1.165, 1.54) is 4.31 Å². The van der Waals surface area contributed by atoms with Crippen LogP contribution >= 0.6 is 0 Å². The Morgan fingerprint density at radius 3 is 2.11 bits per heavy atom. The maximum Gasteiger partial charge on any atom is 0.244 e. The molecule has 1 saturated carbocycles. The van der Waals surface area contributed by atoms with Gasteiger partial charge in [0.2, 0.25) is 21.8 Å². The van der Waals surface area contributed by atoms with Gasteiger partial charge in [0.15, 0.2) is 0 Å². The van der Waals surface area contributed by atoms with Gasteiger partial charge in [0.1, 0.15) is 12.6 Å². The van der Waals surface area contributed by atoms with Crippen molar-refractivity contribution in [2.45, 2.75) is 78.4 Å². The van der Waals surface area contributed by atoms with E-state index in [9.17, 15) is 18.0 Å². The summed E-state index contributed by atoms with van der Waals surface area (Å²) < 4.78 is 26.9. The third kappa shape index (κ3) is 6.66. The van der Waals surface area contributed by atoms with Gasteiger partial charge in [-0.3, -0.25) is 13.9 Å². The van der Waals surface area contributed by atoms with Gasteiger partial charge in [0, 0.05) is 12.6 Å². The highest BCUT2D eigenvalue weighted by atomic mass is 32.2. The lowest BCUT2D eigenvalue weighted by atomic mass is 10.1. The van der Waals surface area contributed by atoms with Crippen molar-refractivity contribution < 1.29 is 18.0 Å². The monoisotopic (exact) mass is 513 g/mol. The van der Waals surface area contributed by atoms with Crippen LogP contribution in [0.15, 0.2) is 42.5 Å². The molecule has 0 aromatic heterocycles. The second-order valence-electron chi connectivity index (χ2n) is 9.87. The Kier molecular flexibility index (Phi) is 9.17. The summed E-state index contributed by atoms with van der Waals surface area (Å²) in [6, 6.07) is 12.7. The lowest BCUT2D eigenvalue weighted by Crippen LogP contribution is -2.53. The van der Waals surface area contributed by atoms with Gasteiger partial charge >= 0.3 is 0 Å². The molecule has 0 radical (unpaired) electrons. The number of nitrogens with one attached hydrogen (secondary N) is 1. The molecule has 1 fully saturated rings. The summed E-state index contributed by atoms with van der Waals surface area (Å²) in [4.78, 5) is 28.8. The Labute approximate surface area is 215 Å². The van der Waals surface area contributed by atoms with Gasteiger partial charge in [-0.2, -0.15) is 0 Å². The second kappa shape index (κ2) is 11.9. The summed E-state index contributed by atoms with van der Waals surface area (Å²) in [6.07, 6.45) is 5.62. The van der Waals surface area contributed by atoms with Gasteiger partial charge in [0.25, 0.3) is 0 Å². The van der Waals surface area contributed by atoms with Crippen LogP contribution in [0.2, 0.25) is 0 Å². The van der Waals surface area contributed by atoms with Crippen LogP contribution in [0.3, 0.4) is 0 Å². The first-order valence-electron chi connectivity index (χ1n) is 12.7. The number of rotatable bonds is 10. The Morgan fingerprint density at radius 2 is 1.56 bits per heavy atom. The SMILES string of the molecule is CCC(C(=O)NC1CCCC1)N(Cc1ccccc1C)C(=O)CN(c1c(C)cccc1C)S(C)(=O)=O. The summed E-state index contributed by atoms with van der Waals surface area (Å²) in [5, 5.41) is 3.13. The molecule has 0 heterocycles. The number of nitrogens with zero attached hydrogens (tertiary/aromatic N) is 2. The van der Waals surface area contributed by atoms with Gasteiger partial charge in [-0.25, -0.2) is 8.42 Å². The molecular weight excluding hydrogens is 474 g/mol. The minimum Gasteiger partial charge on any atom is -0.352 e. The lowest BCUT2D eigenvalue weighted by Gasteiger charge is -2.34. The average molecular weight is 514 g/mol. The number of aryl methyl sites for hydroxylation is 3. The molecule has 7 nitrogen and oxygen atoms in total. The van der Waals surface area contributed by atoms with Gasteiger partial charge in [-0.05, 0) is 62.3 Å². The van der Waals surface area contributed by atoms with Crippen LogP contribution in [-0.4, -0.2) is 50.0 Å². The number of hydrogen-bond donors (Lipinski definition) is 1. The van der Waals surface area contributed by atoms with E-state index >= 15 is 0 Å². The van der Waals surface area contributed by atoms with Crippen molar-refractivity contribution in [2.75, 3.05) is 17.1 Å². The van der Waals surface area contributed by atoms with Crippen LogP contribution in [0.1, 0.15) is 61.3 Å². The molecule has 2 aromatic carbocycles. The molecule has 0 saturated heterocycles. The number of amides is 2. The van der Waals surface area contributed by atoms with Crippen LogP contribution in [0.5, 0.6) is 0 Å². The molecule has 8 heteroatoms. The topological polar surface area (TPSA) is 86.8 Å². The summed E-state index contributed by atoms with van der Waals surface area (Å²) >= 11 is 0. The van der Waals surface area contributed by atoms with E-state index < -0.39 is 22.0 Å². The number of carbonyl (C=O) groups is 2. The van der Waals surface area contributed by atoms with Gasteiger partial charge < -0.3 is 10.2 Å². The maximum absolute atomic E-state index is 13.9. The van der Waals surface area contributed by atoms with Crippen molar-refractivity contribution in [1.29, 1.82) is 0 Å². The number of carbonyl (C=O) groups excluding carboxylic acids is 2. The van der Waals surface area contributed by atoms with Crippen LogP contribution in [0, 0.1) is 20.8 Å². The molecule has 2 amide bonds. The molecule has 0 bridgehead atoms. The Hall–Kier alpha value is -2.87. The van der Waals surface area contributed by atoms with Crippen LogP contribution in [0.4, 0.5) is 5.69 Å². The molecule has 0 spiro atoms. The molecule has 1 N–H and O–H groups in total. The molecule has 3 rings (SSSR count). The second-order valence-corrected chi connectivity index (χ2v) is 11.8. The molecular formula is C28H39N3O4S. The largest absolute Gasteiger partial charge is 0.352 e. The Balaban J connectivity index is 1.97. The van der Waals surface area contributed by atoms with Gasteiger partial charge in [-0.1, -0.05) is 62.2 Å². The molecule has 1 atom stereocenters. The zero-order chi connectivity index (χ0) is 26.5. The number of anilines is 1. The first-order valence-corrected chi connectivity index (χ1v) is 14.6. The van der Waals surface area contributed by atoms with E-state index in [1.807, 2.05) is 70.2 Å². The summed E-state index contributed by atoms with van der Waals surface area (Å²) in [6.45, 7) is 7.38. The first-order chi connectivity index (χ1) is 17.0. The third-order valence-corrected chi connectivity index (χ3v) is 8.17. The predicted molar refractivity (Wildman–Crippen MR) is 144 cm³/mol. The van der Waals surface area contributed by atoms with Crippen molar-refractivity contribution >= 4 is 27.5 Å². The standard InChI is InChI=1S/C28H39N3O4S/c1-6-25(28(33)29-24-16-9-10-17-24)30(18-23-15-8-7-12-20(23)2)26(32)19-31(36(5,34)35)27-21(3)13-11-14-22(27)4/h7-8,11-15,24-25H,6,9-10,16-19H2,1-5H3,(H,29,33). The molecule has 36 heavy (non-hydrogen) atoms. The van der Waals surface area contributed by atoms with Crippen molar-refractivity contribution in [3.63, 3.8) is 0 Å². The van der Waals surface area contributed by atoms with E-state index in [0.717, 1.165) is 54.2 Å². The maximum atomic E-state index is 13.9. The molecule has 1 unspecified atom stereocenters. The zero-order valence-corrected chi connectivity index (χ0v) is 22.9. The van der Waals surface area contributed by atoms with E-state index in [1.54, 1.807) is 4.90 Å². The summed E-state index contributed by atoms with van der Waals surface area (Å²) in [5.74, 6) is -0.580. The predicted octanol–water partition coefficient (Wildman–Crippen LogP) is 4.24. The average Bonchev–Trinajstić information content (AvgIpc) is 3.31. The van der Waals surface area contributed by atoms with Crippen molar-refractivity contribution in [3.05, 3.63) is 64.7 Å². The number of hydrogen-bond acceptors (Lipinski definition) is 4. The summed E-state index contributed by atoms with van der Waals surface area (Å²) in [5.41, 5.74) is 3.98. The van der Waals surface area contributed by atoms with Gasteiger partial charge in [0.05, 0.1) is 11.9 Å². The highest BCUT2D eigenvalue weighted by Crippen LogP contribution is 2.27. The van der Waals surface area contributed by atoms with Crippen molar-refractivity contribution in [3.8, 4) is 0 Å². The molecule has 1 aliphatic carbocycles. The fraction of sp³-hybridized carbons (Fsp3) is 0.500. The van der Waals surface area contributed by atoms with Gasteiger partial charge in [-0.15, -0.1) is 0 Å². The Morgan fingerprint density at radius 1 is 0.972 bits per heavy atom. The molecule has 0 aliphatic heterocycles. The molecule has 196 valence electrons. The van der Waals surface area contributed by atoms with E-state index in [-0.39, 0.29) is 25.0 Å². The van der Waals surface area contributed by atoms with Crippen LogP contribution in [-0.2, 0) is 26.2 Å². The quantitative estimate of drug-likeness (QED) is 0.515. The number of benzene rings is 2. The minimum atomic E-state index is -3.76. The fourth-order valence-electron chi connectivity index (χ4n) is 5.03. The van der Waals surface area contributed by atoms with Crippen molar-refractivity contribution in [1.82, 2.24) is 10.2 Å². The van der Waals surface area contributed by atoms with Crippen molar-refractivity contribution in [2.24, 2.45) is 0 Å². The number of sulfonamides is 1. The zero-order valence-electron chi connectivity index (χ0n) is 22.1. The third-order valence-electron chi connectivity index (χ3n) is 7.06. The normalized spacial score (nSPS) is 14.9. The van der Waals surface area contributed by atoms with Crippen LogP contribution < -0.4 is 9.62 Å². The van der Waals surface area contributed by atoms with E-state index in [0.29, 0.717) is 12.1 Å².